The highest BCUT2D eigenvalue weighted by Crippen LogP contribution is 2.23. The summed E-state index contributed by atoms with van der Waals surface area (Å²) in [6, 6.07) is 2.92. The normalized spacial score (nSPS) is 18.9. The Morgan fingerprint density at radius 1 is 1.44 bits per heavy atom. The lowest BCUT2D eigenvalue weighted by Crippen LogP contribution is -2.31. The minimum Gasteiger partial charge on any atom is -0.369 e. The van der Waals surface area contributed by atoms with Crippen LogP contribution in [0, 0.1) is 23.0 Å². The maximum atomic E-state index is 13.6. The van der Waals surface area contributed by atoms with E-state index in [-0.39, 0.29) is 17.2 Å². The second-order valence-electron chi connectivity index (χ2n) is 4.17. The molecule has 0 bridgehead atoms. The molecule has 1 amide bonds. The van der Waals surface area contributed by atoms with Crippen LogP contribution < -0.4 is 5.32 Å². The van der Waals surface area contributed by atoms with Gasteiger partial charge in [-0.05, 0) is 18.6 Å². The van der Waals surface area contributed by atoms with Crippen LogP contribution in [0.2, 0.25) is 0 Å². The quantitative estimate of drug-likeness (QED) is 0.866. The zero-order chi connectivity index (χ0) is 13.3. The number of halogens is 2. The molecule has 1 heterocycles. The van der Waals surface area contributed by atoms with Crippen LogP contribution in [0.3, 0.4) is 0 Å². The van der Waals surface area contributed by atoms with Gasteiger partial charge in [0, 0.05) is 13.6 Å². The Morgan fingerprint density at radius 2 is 2.06 bits per heavy atom. The third-order valence-corrected chi connectivity index (χ3v) is 2.92. The van der Waals surface area contributed by atoms with Gasteiger partial charge in [0.15, 0.2) is 11.6 Å². The van der Waals surface area contributed by atoms with Gasteiger partial charge in [-0.3, -0.25) is 4.79 Å². The Balaban J connectivity index is 2.25. The number of nitriles is 1. The van der Waals surface area contributed by atoms with E-state index in [2.05, 4.69) is 5.32 Å². The molecule has 18 heavy (non-hydrogen) atoms. The number of likely N-dealkylation sites (tertiary alicyclic amines) is 1. The maximum Gasteiger partial charge on any atom is 0.244 e. The summed E-state index contributed by atoms with van der Waals surface area (Å²) in [5.74, 6) is -1.93. The fraction of sp³-hybridized carbons (Fsp3) is 0.333. The summed E-state index contributed by atoms with van der Waals surface area (Å²) in [7, 11) is 1.63. The fourth-order valence-corrected chi connectivity index (χ4v) is 1.91. The van der Waals surface area contributed by atoms with Crippen LogP contribution in [-0.4, -0.2) is 30.4 Å². The second-order valence-corrected chi connectivity index (χ2v) is 4.17. The first kappa shape index (κ1) is 12.3. The highest BCUT2D eigenvalue weighted by atomic mass is 19.1. The monoisotopic (exact) mass is 251 g/mol. The largest absolute Gasteiger partial charge is 0.369 e. The molecule has 6 heteroatoms. The van der Waals surface area contributed by atoms with Gasteiger partial charge >= 0.3 is 0 Å². The molecule has 0 radical (unpaired) electrons. The molecule has 1 fully saturated rings. The second kappa shape index (κ2) is 4.61. The minimum absolute atomic E-state index is 0.0922. The lowest BCUT2D eigenvalue weighted by molar-refractivity contribution is -0.127. The van der Waals surface area contributed by atoms with Crippen LogP contribution >= 0.6 is 0 Å². The number of likely N-dealkylation sites (N-methyl/N-ethyl adjacent to an activating group) is 1. The molecule has 0 spiro atoms. The maximum absolute atomic E-state index is 13.6. The number of carbonyl (C=O) groups excluding carboxylic acids is 1. The van der Waals surface area contributed by atoms with Crippen LogP contribution in [0.1, 0.15) is 12.0 Å². The standard InChI is InChI=1S/C12H11F2N3O/c1-17-3-2-10(12(17)18)16-11-8(13)4-7(6-15)5-9(11)14/h4-5,10,16H,2-3H2,1H3. The molecule has 1 aliphatic rings. The summed E-state index contributed by atoms with van der Waals surface area (Å²) in [5, 5.41) is 11.1. The number of anilines is 1. The topological polar surface area (TPSA) is 56.1 Å². The Hall–Kier alpha value is -2.16. The highest BCUT2D eigenvalue weighted by Gasteiger charge is 2.30. The molecule has 1 aliphatic heterocycles. The Labute approximate surface area is 103 Å². The van der Waals surface area contributed by atoms with Gasteiger partial charge in [0.25, 0.3) is 0 Å². The van der Waals surface area contributed by atoms with Gasteiger partial charge in [0.1, 0.15) is 11.7 Å². The van der Waals surface area contributed by atoms with Crippen molar-refractivity contribution in [2.45, 2.75) is 12.5 Å². The number of nitrogens with zero attached hydrogens (tertiary/aromatic N) is 2. The number of rotatable bonds is 2. The van der Waals surface area contributed by atoms with E-state index in [4.69, 9.17) is 5.26 Å². The molecule has 0 aliphatic carbocycles. The molecular formula is C12H11F2N3O. The van der Waals surface area contributed by atoms with Crippen molar-refractivity contribution in [2.75, 3.05) is 18.9 Å². The van der Waals surface area contributed by atoms with Crippen LogP contribution in [0.4, 0.5) is 14.5 Å². The van der Waals surface area contributed by atoms with Gasteiger partial charge in [0.2, 0.25) is 5.91 Å². The average molecular weight is 251 g/mol. The summed E-state index contributed by atoms with van der Waals surface area (Å²) >= 11 is 0. The zero-order valence-corrected chi connectivity index (χ0v) is 9.70. The molecule has 1 aromatic rings. The SMILES string of the molecule is CN1CCC(Nc2c(F)cc(C#N)cc2F)C1=O. The zero-order valence-electron chi connectivity index (χ0n) is 9.70. The van der Waals surface area contributed by atoms with Crippen molar-refractivity contribution in [2.24, 2.45) is 0 Å². The van der Waals surface area contributed by atoms with Crippen LogP contribution in [0.25, 0.3) is 0 Å². The number of nitrogens with one attached hydrogen (secondary N) is 1. The van der Waals surface area contributed by atoms with Crippen molar-refractivity contribution in [3.05, 3.63) is 29.3 Å². The van der Waals surface area contributed by atoms with E-state index in [0.29, 0.717) is 13.0 Å². The number of hydrogen-bond acceptors (Lipinski definition) is 3. The molecule has 1 saturated heterocycles. The van der Waals surface area contributed by atoms with Gasteiger partial charge in [-0.2, -0.15) is 5.26 Å². The van der Waals surface area contributed by atoms with E-state index in [1.54, 1.807) is 13.1 Å². The molecule has 0 saturated carbocycles. The van der Waals surface area contributed by atoms with E-state index in [0.717, 1.165) is 12.1 Å². The van der Waals surface area contributed by atoms with E-state index in [9.17, 15) is 13.6 Å². The van der Waals surface area contributed by atoms with Gasteiger partial charge < -0.3 is 10.2 Å². The van der Waals surface area contributed by atoms with Crippen molar-refractivity contribution in [3.63, 3.8) is 0 Å². The van der Waals surface area contributed by atoms with Crippen molar-refractivity contribution in [1.29, 1.82) is 5.26 Å². The summed E-state index contributed by atoms with van der Waals surface area (Å²) in [6.45, 7) is 0.552. The summed E-state index contributed by atoms with van der Waals surface area (Å²) in [6.07, 6.45) is 0.494. The molecule has 1 N–H and O–H groups in total. The summed E-state index contributed by atoms with van der Waals surface area (Å²) < 4.78 is 27.2. The van der Waals surface area contributed by atoms with Crippen molar-refractivity contribution in [1.82, 2.24) is 4.90 Å². The third-order valence-electron chi connectivity index (χ3n) is 2.92. The Bertz CT molecular complexity index is 516. The summed E-state index contributed by atoms with van der Waals surface area (Å²) in [5.41, 5.74) is -0.451. The number of carbonyl (C=O) groups is 1. The van der Waals surface area contributed by atoms with E-state index < -0.39 is 17.7 Å². The van der Waals surface area contributed by atoms with Crippen LogP contribution in [-0.2, 0) is 4.79 Å². The molecule has 1 aromatic carbocycles. The molecule has 0 aromatic heterocycles. The van der Waals surface area contributed by atoms with Crippen molar-refractivity contribution < 1.29 is 13.6 Å². The predicted molar refractivity (Wildman–Crippen MR) is 60.7 cm³/mol. The third kappa shape index (κ3) is 2.12. The Morgan fingerprint density at radius 3 is 2.50 bits per heavy atom. The first-order chi connectivity index (χ1) is 8.52. The first-order valence-electron chi connectivity index (χ1n) is 5.43. The minimum atomic E-state index is -0.867. The number of benzene rings is 1. The molecule has 2 rings (SSSR count). The molecular weight excluding hydrogens is 240 g/mol. The van der Waals surface area contributed by atoms with Gasteiger partial charge in [-0.1, -0.05) is 0 Å². The first-order valence-corrected chi connectivity index (χ1v) is 5.43. The van der Waals surface area contributed by atoms with Crippen LogP contribution in [0.15, 0.2) is 12.1 Å². The molecule has 94 valence electrons. The van der Waals surface area contributed by atoms with E-state index in [1.807, 2.05) is 0 Å². The van der Waals surface area contributed by atoms with E-state index >= 15 is 0 Å². The van der Waals surface area contributed by atoms with Crippen molar-refractivity contribution in [3.8, 4) is 6.07 Å². The molecule has 1 unspecified atom stereocenters. The smallest absolute Gasteiger partial charge is 0.244 e. The highest BCUT2D eigenvalue weighted by molar-refractivity contribution is 5.86. The lowest BCUT2D eigenvalue weighted by atomic mass is 10.1. The fourth-order valence-electron chi connectivity index (χ4n) is 1.91. The lowest BCUT2D eigenvalue weighted by Gasteiger charge is -2.14. The van der Waals surface area contributed by atoms with Gasteiger partial charge in [-0.15, -0.1) is 0 Å². The number of hydrogen-bond donors (Lipinski definition) is 1. The Kier molecular flexibility index (Phi) is 3.15. The van der Waals surface area contributed by atoms with Crippen molar-refractivity contribution >= 4 is 11.6 Å². The predicted octanol–water partition coefficient (Wildman–Crippen LogP) is 1.48. The molecule has 1 atom stereocenters. The number of amides is 1. The summed E-state index contributed by atoms with van der Waals surface area (Å²) in [4.78, 5) is 13.1. The van der Waals surface area contributed by atoms with Gasteiger partial charge in [0.05, 0.1) is 11.6 Å². The van der Waals surface area contributed by atoms with Crippen LogP contribution in [0.5, 0.6) is 0 Å². The average Bonchev–Trinajstić information content (AvgIpc) is 2.65. The van der Waals surface area contributed by atoms with E-state index in [1.165, 1.54) is 4.90 Å². The molecule has 4 nitrogen and oxygen atoms in total. The van der Waals surface area contributed by atoms with Gasteiger partial charge in [-0.25, -0.2) is 8.78 Å².